The number of aryl methyl sites for hydroxylation is 4. The monoisotopic (exact) mass is 494 g/mol. The largest absolute Gasteiger partial charge is 0.507 e. The van der Waals surface area contributed by atoms with Crippen LogP contribution in [0.15, 0.2) is 24.3 Å². The molecule has 2 aromatic carbocycles. The third-order valence-electron chi connectivity index (χ3n) is 7.33. The van der Waals surface area contributed by atoms with Crippen LogP contribution in [0.2, 0.25) is 0 Å². The molecular weight excluding hydrogens is 440 g/mol. The molecule has 0 unspecified atom stereocenters. The fourth-order valence-corrected chi connectivity index (χ4v) is 5.24. The van der Waals surface area contributed by atoms with Gasteiger partial charge in [-0.1, -0.05) is 118 Å². The summed E-state index contributed by atoms with van der Waals surface area (Å²) in [5.41, 5.74) is 7.10. The summed E-state index contributed by atoms with van der Waals surface area (Å²) in [7, 11) is 0. The first-order valence-corrected chi connectivity index (χ1v) is 14.6. The molecule has 0 radical (unpaired) electrons. The predicted octanol–water partition coefficient (Wildman–Crippen LogP) is 9.72. The van der Waals surface area contributed by atoms with Gasteiger partial charge in [-0.3, -0.25) is 0 Å². The quantitative estimate of drug-likeness (QED) is 0.272. The SMILES string of the molecule is CCCc1cc(CCCCCCCCc2cc(CCC)c(O)c(C(C)(C)C)c2)cc(C(C)(C)C)c1O. The van der Waals surface area contributed by atoms with E-state index in [1.807, 2.05) is 0 Å². The van der Waals surface area contributed by atoms with Gasteiger partial charge in [-0.25, -0.2) is 0 Å². The van der Waals surface area contributed by atoms with Crippen LogP contribution in [0.1, 0.15) is 140 Å². The molecule has 2 rings (SSSR count). The minimum Gasteiger partial charge on any atom is -0.507 e. The van der Waals surface area contributed by atoms with Gasteiger partial charge in [0.1, 0.15) is 11.5 Å². The van der Waals surface area contributed by atoms with Crippen LogP contribution < -0.4 is 0 Å². The van der Waals surface area contributed by atoms with Crippen molar-refractivity contribution in [2.24, 2.45) is 0 Å². The molecule has 2 heteroatoms. The summed E-state index contributed by atoms with van der Waals surface area (Å²) in [5.74, 6) is 1.02. The molecule has 202 valence electrons. The summed E-state index contributed by atoms with van der Waals surface area (Å²) in [6, 6.07) is 8.96. The smallest absolute Gasteiger partial charge is 0.122 e. The van der Waals surface area contributed by atoms with Crippen molar-refractivity contribution in [1.29, 1.82) is 0 Å². The van der Waals surface area contributed by atoms with Crippen molar-refractivity contribution in [3.05, 3.63) is 57.6 Å². The maximum absolute atomic E-state index is 10.8. The van der Waals surface area contributed by atoms with Gasteiger partial charge < -0.3 is 10.2 Å². The van der Waals surface area contributed by atoms with Crippen molar-refractivity contribution < 1.29 is 10.2 Å². The molecule has 0 amide bonds. The van der Waals surface area contributed by atoms with Crippen molar-refractivity contribution >= 4 is 0 Å². The zero-order chi connectivity index (χ0) is 26.9. The molecule has 0 aliphatic rings. The summed E-state index contributed by atoms with van der Waals surface area (Å²) in [6.45, 7) is 17.5. The summed E-state index contributed by atoms with van der Waals surface area (Å²) in [5, 5.41) is 21.5. The molecule has 0 bridgehead atoms. The fraction of sp³-hybridized carbons (Fsp3) is 0.647. The third kappa shape index (κ3) is 8.86. The van der Waals surface area contributed by atoms with Gasteiger partial charge in [0.2, 0.25) is 0 Å². The maximum atomic E-state index is 10.8. The van der Waals surface area contributed by atoms with Crippen LogP contribution in [-0.2, 0) is 36.5 Å². The Morgan fingerprint density at radius 1 is 0.500 bits per heavy atom. The summed E-state index contributed by atoms with van der Waals surface area (Å²) >= 11 is 0. The molecule has 0 atom stereocenters. The topological polar surface area (TPSA) is 40.5 Å². The average Bonchev–Trinajstić information content (AvgIpc) is 2.78. The number of aromatic hydroxyl groups is 2. The van der Waals surface area contributed by atoms with E-state index in [4.69, 9.17) is 0 Å². The lowest BCUT2D eigenvalue weighted by Crippen LogP contribution is -2.13. The number of hydrogen-bond donors (Lipinski definition) is 2. The lowest BCUT2D eigenvalue weighted by Gasteiger charge is -2.23. The summed E-state index contributed by atoms with van der Waals surface area (Å²) in [4.78, 5) is 0. The van der Waals surface area contributed by atoms with Gasteiger partial charge in [0.05, 0.1) is 0 Å². The molecule has 2 N–H and O–H groups in total. The molecule has 0 aromatic heterocycles. The Morgan fingerprint density at radius 3 is 1.14 bits per heavy atom. The third-order valence-corrected chi connectivity index (χ3v) is 7.33. The normalized spacial score (nSPS) is 12.3. The van der Waals surface area contributed by atoms with Crippen molar-refractivity contribution in [2.45, 2.75) is 143 Å². The Hall–Kier alpha value is -1.96. The Kier molecular flexibility index (Phi) is 11.4. The van der Waals surface area contributed by atoms with Crippen molar-refractivity contribution in [3.8, 4) is 11.5 Å². The Bertz CT molecular complexity index is 877. The number of benzene rings is 2. The maximum Gasteiger partial charge on any atom is 0.122 e. The van der Waals surface area contributed by atoms with Gasteiger partial charge in [-0.05, 0) is 82.7 Å². The van der Waals surface area contributed by atoms with E-state index in [-0.39, 0.29) is 10.8 Å². The van der Waals surface area contributed by atoms with E-state index in [1.54, 1.807) is 0 Å². The van der Waals surface area contributed by atoms with Gasteiger partial charge in [0.15, 0.2) is 0 Å². The van der Waals surface area contributed by atoms with Crippen LogP contribution in [-0.4, -0.2) is 10.2 Å². The average molecular weight is 495 g/mol. The number of hydrogen-bond acceptors (Lipinski definition) is 2. The number of rotatable bonds is 13. The standard InChI is InChI=1S/C34H54O2/c1-9-17-27-21-25(23-29(31(27)35)33(3,4)5)19-15-13-11-12-14-16-20-26-22-28(18-10-2)32(36)30(24-26)34(6,7)8/h21-24,35-36H,9-20H2,1-8H3. The Balaban J connectivity index is 1.82. The highest BCUT2D eigenvalue weighted by Gasteiger charge is 2.22. The Morgan fingerprint density at radius 2 is 0.833 bits per heavy atom. The van der Waals surface area contributed by atoms with Crippen LogP contribution >= 0.6 is 0 Å². The highest BCUT2D eigenvalue weighted by Crippen LogP contribution is 2.36. The lowest BCUT2D eigenvalue weighted by atomic mass is 9.83. The molecule has 36 heavy (non-hydrogen) atoms. The van der Waals surface area contributed by atoms with E-state index in [2.05, 4.69) is 79.7 Å². The van der Waals surface area contributed by atoms with E-state index in [0.717, 1.165) is 60.8 Å². The van der Waals surface area contributed by atoms with E-state index in [1.165, 1.54) is 49.7 Å². The van der Waals surface area contributed by atoms with E-state index in [0.29, 0.717) is 11.5 Å². The molecule has 0 heterocycles. The molecule has 0 saturated carbocycles. The summed E-state index contributed by atoms with van der Waals surface area (Å²) < 4.78 is 0. The number of phenolic OH excluding ortho intramolecular Hbond substituents is 2. The molecule has 0 spiro atoms. The first-order valence-electron chi connectivity index (χ1n) is 14.6. The van der Waals surface area contributed by atoms with Crippen molar-refractivity contribution in [1.82, 2.24) is 0 Å². The minimum atomic E-state index is -0.0367. The van der Waals surface area contributed by atoms with E-state index in [9.17, 15) is 10.2 Å². The van der Waals surface area contributed by atoms with Crippen molar-refractivity contribution in [3.63, 3.8) is 0 Å². The van der Waals surface area contributed by atoms with Gasteiger partial charge in [-0.2, -0.15) is 0 Å². The van der Waals surface area contributed by atoms with Crippen LogP contribution in [0.3, 0.4) is 0 Å². The number of unbranched alkanes of at least 4 members (excludes halogenated alkanes) is 5. The fourth-order valence-electron chi connectivity index (χ4n) is 5.24. The molecule has 2 aromatic rings. The van der Waals surface area contributed by atoms with Crippen LogP contribution in [0.5, 0.6) is 11.5 Å². The van der Waals surface area contributed by atoms with Crippen molar-refractivity contribution in [2.75, 3.05) is 0 Å². The second kappa shape index (κ2) is 13.5. The molecular formula is C34H54O2. The first-order chi connectivity index (χ1) is 16.9. The van der Waals surface area contributed by atoms with Gasteiger partial charge >= 0.3 is 0 Å². The predicted molar refractivity (Wildman–Crippen MR) is 157 cm³/mol. The van der Waals surface area contributed by atoms with Gasteiger partial charge in [0, 0.05) is 0 Å². The van der Waals surface area contributed by atoms with Gasteiger partial charge in [-0.15, -0.1) is 0 Å². The molecule has 0 fully saturated rings. The minimum absolute atomic E-state index is 0.0367. The molecule has 0 aliphatic heterocycles. The highest BCUT2D eigenvalue weighted by atomic mass is 16.3. The second-order valence-corrected chi connectivity index (χ2v) is 12.9. The highest BCUT2D eigenvalue weighted by molar-refractivity contribution is 5.48. The second-order valence-electron chi connectivity index (χ2n) is 12.9. The molecule has 0 aliphatic carbocycles. The van der Waals surface area contributed by atoms with Gasteiger partial charge in [0.25, 0.3) is 0 Å². The van der Waals surface area contributed by atoms with Crippen LogP contribution in [0.4, 0.5) is 0 Å². The Labute approximate surface area is 222 Å². The molecule has 0 saturated heterocycles. The zero-order valence-corrected chi connectivity index (χ0v) is 24.7. The zero-order valence-electron chi connectivity index (χ0n) is 24.7. The number of phenols is 2. The first kappa shape index (κ1) is 30.3. The van der Waals surface area contributed by atoms with Crippen LogP contribution in [0, 0.1) is 0 Å². The van der Waals surface area contributed by atoms with E-state index >= 15 is 0 Å². The summed E-state index contributed by atoms with van der Waals surface area (Å²) in [6.07, 6.45) is 13.7. The molecule has 2 nitrogen and oxygen atoms in total. The lowest BCUT2D eigenvalue weighted by molar-refractivity contribution is 0.438. The van der Waals surface area contributed by atoms with E-state index < -0.39 is 0 Å². The van der Waals surface area contributed by atoms with Crippen LogP contribution in [0.25, 0.3) is 0 Å².